The highest BCUT2D eigenvalue weighted by Crippen LogP contribution is 2.27. The maximum Gasteiger partial charge on any atom is 0.150 e. The zero-order chi connectivity index (χ0) is 17.8. The van der Waals surface area contributed by atoms with Crippen LogP contribution in [0.2, 0.25) is 0 Å². The van der Waals surface area contributed by atoms with Gasteiger partial charge in [-0.3, -0.25) is 4.79 Å². The molecule has 1 aliphatic heterocycles. The van der Waals surface area contributed by atoms with Gasteiger partial charge in [0.1, 0.15) is 12.6 Å². The lowest BCUT2D eigenvalue weighted by Gasteiger charge is -2.12. The van der Waals surface area contributed by atoms with E-state index in [4.69, 9.17) is 0 Å². The number of benzene rings is 1. The van der Waals surface area contributed by atoms with Crippen molar-refractivity contribution < 1.29 is 14.3 Å². The smallest absolute Gasteiger partial charge is 0.150 e. The fraction of sp³-hybridized carbons (Fsp3) is 0.474. The summed E-state index contributed by atoms with van der Waals surface area (Å²) in [5.74, 6) is 0. The Morgan fingerprint density at radius 1 is 1.33 bits per heavy atom. The van der Waals surface area contributed by atoms with Crippen molar-refractivity contribution in [1.82, 2.24) is 5.32 Å². The summed E-state index contributed by atoms with van der Waals surface area (Å²) in [4.78, 5) is 20.5. The van der Waals surface area contributed by atoms with E-state index in [-0.39, 0.29) is 6.04 Å². The third-order valence-electron chi connectivity index (χ3n) is 3.80. The Hall–Kier alpha value is -1.30. The lowest BCUT2D eigenvalue weighted by atomic mass is 9.96. The molecule has 1 heterocycles. The third-order valence-corrected chi connectivity index (χ3v) is 4.43. The summed E-state index contributed by atoms with van der Waals surface area (Å²) < 4.78 is 5.78. The molecular formula is C19H26BrNO3. The minimum atomic E-state index is 0.167. The van der Waals surface area contributed by atoms with E-state index in [0.717, 1.165) is 57.0 Å². The third kappa shape index (κ3) is 7.51. The predicted molar refractivity (Wildman–Crippen MR) is 102 cm³/mol. The van der Waals surface area contributed by atoms with E-state index in [9.17, 15) is 9.59 Å². The van der Waals surface area contributed by atoms with Crippen molar-refractivity contribution in [3.8, 4) is 0 Å². The maximum atomic E-state index is 10.5. The number of hydrogen-bond acceptors (Lipinski definition) is 4. The van der Waals surface area contributed by atoms with E-state index in [2.05, 4.69) is 32.1 Å². The highest BCUT2D eigenvalue weighted by atomic mass is 79.9. The van der Waals surface area contributed by atoms with Crippen LogP contribution >= 0.6 is 15.9 Å². The van der Waals surface area contributed by atoms with Gasteiger partial charge in [-0.2, -0.15) is 0 Å². The second-order valence-electron chi connectivity index (χ2n) is 5.58. The highest BCUT2D eigenvalue weighted by Gasteiger charge is 2.10. The van der Waals surface area contributed by atoms with E-state index in [0.29, 0.717) is 0 Å². The molecule has 0 aromatic heterocycles. The first-order valence-electron chi connectivity index (χ1n) is 8.26. The van der Waals surface area contributed by atoms with Gasteiger partial charge in [0.25, 0.3) is 0 Å². The summed E-state index contributed by atoms with van der Waals surface area (Å²) in [6, 6.07) is 5.99. The number of allylic oxidation sites excluding steroid dienone is 1. The number of fused-ring (bicyclic) bond motifs is 1. The molecule has 1 saturated heterocycles. The average Bonchev–Trinajstić information content (AvgIpc) is 3.16. The number of halogens is 1. The second kappa shape index (κ2) is 12.1. The number of ether oxygens (including phenoxy) is 1. The van der Waals surface area contributed by atoms with Crippen molar-refractivity contribution in [2.45, 2.75) is 38.6 Å². The minimum Gasteiger partial charge on any atom is -0.385 e. The van der Waals surface area contributed by atoms with Crippen LogP contribution in [0.4, 0.5) is 0 Å². The van der Waals surface area contributed by atoms with Crippen LogP contribution in [0.5, 0.6) is 0 Å². The number of carbonyl (C=O) groups excluding carboxylic acids is 2. The van der Waals surface area contributed by atoms with Gasteiger partial charge in [-0.05, 0) is 66.9 Å². The number of rotatable bonds is 3. The van der Waals surface area contributed by atoms with Crippen LogP contribution in [0.25, 0.3) is 6.08 Å². The van der Waals surface area contributed by atoms with Crippen LogP contribution in [0.1, 0.15) is 47.7 Å². The number of nitrogens with one attached hydrogen (secondary N) is 1. The summed E-state index contributed by atoms with van der Waals surface area (Å²) in [6.07, 6.45) is 8.24. The number of methoxy groups -OCH3 is 1. The molecule has 0 bridgehead atoms. The van der Waals surface area contributed by atoms with Crippen molar-refractivity contribution in [3.05, 3.63) is 39.4 Å². The highest BCUT2D eigenvalue weighted by molar-refractivity contribution is 9.11. The van der Waals surface area contributed by atoms with Crippen LogP contribution in [0, 0.1) is 0 Å². The van der Waals surface area contributed by atoms with Gasteiger partial charge in [-0.25, -0.2) is 0 Å². The van der Waals surface area contributed by atoms with E-state index < -0.39 is 0 Å². The molecule has 1 aliphatic carbocycles. The van der Waals surface area contributed by atoms with E-state index in [1.54, 1.807) is 7.11 Å². The molecular weight excluding hydrogens is 370 g/mol. The zero-order valence-electron chi connectivity index (χ0n) is 14.4. The molecule has 2 aliphatic rings. The fourth-order valence-corrected chi connectivity index (χ4v) is 2.82. The molecule has 1 aromatic rings. The molecule has 5 heteroatoms. The molecule has 0 saturated carbocycles. The summed E-state index contributed by atoms with van der Waals surface area (Å²) in [7, 11) is 1.68. The maximum absolute atomic E-state index is 10.5. The number of carbonyl (C=O) groups is 2. The predicted octanol–water partition coefficient (Wildman–Crippen LogP) is 3.77. The molecule has 0 radical (unpaired) electrons. The monoisotopic (exact) mass is 395 g/mol. The summed E-state index contributed by atoms with van der Waals surface area (Å²) in [6.45, 7) is 3.80. The Bertz CT molecular complexity index is 550. The number of aldehydes is 2. The molecule has 1 aromatic carbocycles. The Kier molecular flexibility index (Phi) is 10.5. The standard InChI is InChI=1S/C11H9BrO.C5H9NO.C3H8O/c12-11-4-3-9-5-8(7-13)1-2-10(9)6-11;7-4-5-2-1-3-6-5;1-3-4-2/h1-2,5-7H,3-4H2;4-6H,1-3H2;3H2,1-2H3/t;5-;/m.0./s1. The van der Waals surface area contributed by atoms with Crippen molar-refractivity contribution in [1.29, 1.82) is 0 Å². The van der Waals surface area contributed by atoms with Gasteiger partial charge >= 0.3 is 0 Å². The van der Waals surface area contributed by atoms with Crippen LogP contribution in [0.15, 0.2) is 22.7 Å². The Morgan fingerprint density at radius 2 is 2.08 bits per heavy atom. The quantitative estimate of drug-likeness (QED) is 0.791. The van der Waals surface area contributed by atoms with Gasteiger partial charge in [0, 0.05) is 19.3 Å². The number of hydrogen-bond donors (Lipinski definition) is 1. The first-order chi connectivity index (χ1) is 11.6. The number of aryl methyl sites for hydroxylation is 1. The summed E-state index contributed by atoms with van der Waals surface area (Å²) in [5.41, 5.74) is 3.27. The molecule has 0 amide bonds. The van der Waals surface area contributed by atoms with Crippen LogP contribution in [-0.4, -0.2) is 38.9 Å². The molecule has 24 heavy (non-hydrogen) atoms. The van der Waals surface area contributed by atoms with Crippen molar-refractivity contribution in [3.63, 3.8) is 0 Å². The minimum absolute atomic E-state index is 0.167. The van der Waals surface area contributed by atoms with E-state index in [1.165, 1.54) is 15.6 Å². The van der Waals surface area contributed by atoms with Crippen LogP contribution in [-0.2, 0) is 16.0 Å². The molecule has 0 unspecified atom stereocenters. The van der Waals surface area contributed by atoms with Crippen molar-refractivity contribution in [2.24, 2.45) is 0 Å². The largest absolute Gasteiger partial charge is 0.385 e. The molecule has 0 spiro atoms. The molecule has 1 N–H and O–H groups in total. The van der Waals surface area contributed by atoms with E-state index >= 15 is 0 Å². The molecule has 1 fully saturated rings. The van der Waals surface area contributed by atoms with Gasteiger partial charge in [0.05, 0.1) is 6.04 Å². The Morgan fingerprint density at radius 3 is 2.58 bits per heavy atom. The normalized spacial score (nSPS) is 18.1. The summed E-state index contributed by atoms with van der Waals surface area (Å²) in [5, 5.41) is 3.04. The van der Waals surface area contributed by atoms with Crippen molar-refractivity contribution >= 4 is 34.6 Å². The van der Waals surface area contributed by atoms with Crippen LogP contribution < -0.4 is 5.32 Å². The first kappa shape index (κ1) is 20.7. The second-order valence-corrected chi connectivity index (χ2v) is 6.60. The van der Waals surface area contributed by atoms with Gasteiger partial charge < -0.3 is 14.8 Å². The topological polar surface area (TPSA) is 55.4 Å². The molecule has 3 rings (SSSR count). The van der Waals surface area contributed by atoms with Crippen LogP contribution in [0.3, 0.4) is 0 Å². The molecule has 132 valence electrons. The van der Waals surface area contributed by atoms with Crippen molar-refractivity contribution in [2.75, 3.05) is 20.3 Å². The average molecular weight is 396 g/mol. The lowest BCUT2D eigenvalue weighted by Crippen LogP contribution is -2.21. The van der Waals surface area contributed by atoms with Gasteiger partial charge in [-0.1, -0.05) is 28.1 Å². The zero-order valence-corrected chi connectivity index (χ0v) is 16.0. The Labute approximate surface area is 152 Å². The molecule has 4 nitrogen and oxygen atoms in total. The summed E-state index contributed by atoms with van der Waals surface area (Å²) >= 11 is 3.49. The fourth-order valence-electron chi connectivity index (χ4n) is 2.38. The SMILES string of the molecule is CCOC.O=C[C@@H]1CCCN1.O=Cc1ccc2c(c1)CCC(Br)=C2. The van der Waals surface area contributed by atoms with Gasteiger partial charge in [0.15, 0.2) is 0 Å². The van der Waals surface area contributed by atoms with E-state index in [1.807, 2.05) is 25.1 Å². The van der Waals surface area contributed by atoms with Gasteiger partial charge in [-0.15, -0.1) is 0 Å². The van der Waals surface area contributed by atoms with Gasteiger partial charge in [0.2, 0.25) is 0 Å². The first-order valence-corrected chi connectivity index (χ1v) is 9.05. The molecule has 1 atom stereocenters. The lowest BCUT2D eigenvalue weighted by molar-refractivity contribution is -0.109. The Balaban J connectivity index is 0.000000220.